The van der Waals surface area contributed by atoms with Crippen LogP contribution in [0.1, 0.15) is 22.9 Å². The third-order valence-electron chi connectivity index (χ3n) is 6.26. The first-order valence-corrected chi connectivity index (χ1v) is 16.0. The van der Waals surface area contributed by atoms with E-state index in [0.29, 0.717) is 22.4 Å². The molecule has 10 heteroatoms. The van der Waals surface area contributed by atoms with E-state index in [2.05, 4.69) is 0 Å². The summed E-state index contributed by atoms with van der Waals surface area (Å²) < 4.78 is 68.1. The van der Waals surface area contributed by atoms with Gasteiger partial charge in [-0.25, -0.2) is 4.79 Å². The summed E-state index contributed by atoms with van der Waals surface area (Å²) in [6.07, 6.45) is -7.50. The van der Waals surface area contributed by atoms with Gasteiger partial charge in [-0.15, -0.1) is 0 Å². The second-order valence-corrected chi connectivity index (χ2v) is 14.7. The summed E-state index contributed by atoms with van der Waals surface area (Å²) >= 11 is 0. The van der Waals surface area contributed by atoms with Crippen molar-refractivity contribution in [1.82, 2.24) is 4.90 Å². The van der Waals surface area contributed by atoms with Crippen molar-refractivity contribution in [2.75, 3.05) is 7.11 Å². The van der Waals surface area contributed by atoms with Crippen molar-refractivity contribution < 1.29 is 36.6 Å². The first kappa shape index (κ1) is 28.7. The smallest absolute Gasteiger partial charge is 0.444 e. The fourth-order valence-electron chi connectivity index (χ4n) is 4.59. The standard InChI is InChI=1S/C29H32F3NO5Si/c1-35-24-17-15-23(16-18-24)26-33(27(34)36-20-22-13-9-6-10-14-22)25(19-21-11-7-5-8-12-21)28(37-26,29(30,31)32)38-39(2,3)4/h5-18,25-26H,19-20H2,1-4H3/t25-,26?,28?/m0/s1. The Morgan fingerprint density at radius 2 is 1.49 bits per heavy atom. The third kappa shape index (κ3) is 6.46. The molecule has 1 aliphatic rings. The molecule has 208 valence electrons. The maximum absolute atomic E-state index is 15.2. The third-order valence-corrected chi connectivity index (χ3v) is 7.17. The minimum absolute atomic E-state index is 0.114. The fourth-order valence-corrected chi connectivity index (χ4v) is 5.80. The van der Waals surface area contributed by atoms with Crippen LogP contribution in [0.25, 0.3) is 0 Å². The number of methoxy groups -OCH3 is 1. The minimum atomic E-state index is -4.97. The molecule has 0 aliphatic carbocycles. The fraction of sp³-hybridized carbons (Fsp3) is 0.345. The van der Waals surface area contributed by atoms with E-state index in [0.717, 1.165) is 4.90 Å². The monoisotopic (exact) mass is 559 g/mol. The van der Waals surface area contributed by atoms with E-state index >= 15 is 13.2 Å². The van der Waals surface area contributed by atoms with Gasteiger partial charge in [-0.05, 0) is 49.3 Å². The summed E-state index contributed by atoms with van der Waals surface area (Å²) in [5, 5.41) is 0. The van der Waals surface area contributed by atoms with Crippen LogP contribution in [0.5, 0.6) is 5.75 Å². The summed E-state index contributed by atoms with van der Waals surface area (Å²) in [5.41, 5.74) is 1.62. The molecule has 3 aromatic rings. The lowest BCUT2D eigenvalue weighted by molar-refractivity contribution is -0.353. The zero-order chi connectivity index (χ0) is 28.3. The van der Waals surface area contributed by atoms with Crippen LogP contribution < -0.4 is 4.74 Å². The van der Waals surface area contributed by atoms with Gasteiger partial charge in [0.2, 0.25) is 0 Å². The van der Waals surface area contributed by atoms with Crippen LogP contribution in [-0.4, -0.2) is 44.4 Å². The first-order valence-electron chi connectivity index (χ1n) is 12.5. The molecule has 4 rings (SSSR count). The van der Waals surface area contributed by atoms with Crippen molar-refractivity contribution in [1.29, 1.82) is 0 Å². The van der Waals surface area contributed by atoms with E-state index < -0.39 is 38.6 Å². The molecule has 0 bridgehead atoms. The molecule has 3 atom stereocenters. The Morgan fingerprint density at radius 3 is 2.00 bits per heavy atom. The van der Waals surface area contributed by atoms with Crippen molar-refractivity contribution in [3.63, 3.8) is 0 Å². The Kier molecular flexibility index (Phi) is 8.39. The molecule has 2 unspecified atom stereocenters. The van der Waals surface area contributed by atoms with Crippen LogP contribution in [0, 0.1) is 0 Å². The van der Waals surface area contributed by atoms with Crippen LogP contribution >= 0.6 is 0 Å². The molecule has 1 amide bonds. The number of rotatable bonds is 8. The van der Waals surface area contributed by atoms with E-state index in [1.54, 1.807) is 98.5 Å². The van der Waals surface area contributed by atoms with Gasteiger partial charge in [-0.3, -0.25) is 4.90 Å². The maximum atomic E-state index is 15.2. The Morgan fingerprint density at radius 1 is 0.923 bits per heavy atom. The van der Waals surface area contributed by atoms with Crippen molar-refractivity contribution in [2.45, 2.75) is 56.9 Å². The van der Waals surface area contributed by atoms with Crippen LogP contribution in [0.4, 0.5) is 18.0 Å². The number of carbonyl (C=O) groups is 1. The van der Waals surface area contributed by atoms with Gasteiger partial charge in [0.25, 0.3) is 5.79 Å². The number of amides is 1. The van der Waals surface area contributed by atoms with Crippen LogP contribution in [0.2, 0.25) is 19.6 Å². The summed E-state index contributed by atoms with van der Waals surface area (Å²) in [6.45, 7) is 4.85. The summed E-state index contributed by atoms with van der Waals surface area (Å²) in [6, 6.07) is 22.4. The number of nitrogens with zero attached hydrogens (tertiary/aromatic N) is 1. The Labute approximate surface area is 227 Å². The van der Waals surface area contributed by atoms with E-state index in [9.17, 15) is 4.79 Å². The van der Waals surface area contributed by atoms with Gasteiger partial charge in [-0.1, -0.05) is 72.8 Å². The second kappa shape index (κ2) is 11.4. The summed E-state index contributed by atoms with van der Waals surface area (Å²) in [7, 11) is -1.40. The van der Waals surface area contributed by atoms with Crippen molar-refractivity contribution in [2.24, 2.45) is 0 Å². The topological polar surface area (TPSA) is 57.2 Å². The molecule has 0 N–H and O–H groups in total. The van der Waals surface area contributed by atoms with Crippen LogP contribution in [-0.2, 0) is 26.9 Å². The molecule has 0 radical (unpaired) electrons. The highest BCUT2D eigenvalue weighted by molar-refractivity contribution is 6.69. The van der Waals surface area contributed by atoms with Gasteiger partial charge in [0.05, 0.1) is 7.11 Å². The van der Waals surface area contributed by atoms with E-state index in [1.807, 2.05) is 6.07 Å². The van der Waals surface area contributed by atoms with Crippen molar-refractivity contribution >= 4 is 14.4 Å². The lowest BCUT2D eigenvalue weighted by Crippen LogP contribution is -2.62. The molecule has 3 aromatic carbocycles. The quantitative estimate of drug-likeness (QED) is 0.276. The number of alkyl halides is 3. The largest absolute Gasteiger partial charge is 0.497 e. The summed E-state index contributed by atoms with van der Waals surface area (Å²) in [4.78, 5) is 14.7. The van der Waals surface area contributed by atoms with E-state index in [4.69, 9.17) is 18.6 Å². The molecule has 39 heavy (non-hydrogen) atoms. The number of ether oxygens (including phenoxy) is 3. The van der Waals surface area contributed by atoms with Gasteiger partial charge in [0.15, 0.2) is 14.5 Å². The highest BCUT2D eigenvalue weighted by Gasteiger charge is 2.71. The summed E-state index contributed by atoms with van der Waals surface area (Å²) in [5.74, 6) is -2.57. The Hall–Kier alpha value is -3.34. The molecule has 6 nitrogen and oxygen atoms in total. The number of halogens is 3. The molecule has 1 saturated heterocycles. The molecule has 1 aliphatic heterocycles. The normalized spacial score (nSPS) is 21.6. The SMILES string of the molecule is COc1ccc(C2OC(O[Si](C)(C)C)(C(F)(F)F)[C@H](Cc3ccccc3)N2C(=O)OCc2ccccc2)cc1. The van der Waals surface area contributed by atoms with Crippen LogP contribution in [0.3, 0.4) is 0 Å². The Balaban J connectivity index is 1.83. The number of carbonyl (C=O) groups excluding carboxylic acids is 1. The predicted octanol–water partition coefficient (Wildman–Crippen LogP) is 7.08. The van der Waals surface area contributed by atoms with E-state index in [-0.39, 0.29) is 13.0 Å². The zero-order valence-electron chi connectivity index (χ0n) is 22.3. The van der Waals surface area contributed by atoms with Crippen molar-refractivity contribution in [3.05, 3.63) is 102 Å². The lowest BCUT2D eigenvalue weighted by atomic mass is 9.97. The highest BCUT2D eigenvalue weighted by atomic mass is 28.4. The molecule has 0 aromatic heterocycles. The van der Waals surface area contributed by atoms with Gasteiger partial charge in [0.1, 0.15) is 18.4 Å². The van der Waals surface area contributed by atoms with Crippen LogP contribution in [0.15, 0.2) is 84.9 Å². The zero-order valence-corrected chi connectivity index (χ0v) is 23.3. The number of hydrogen-bond acceptors (Lipinski definition) is 5. The molecule has 1 fully saturated rings. The average molecular weight is 560 g/mol. The van der Waals surface area contributed by atoms with Gasteiger partial charge in [0, 0.05) is 5.56 Å². The molecule has 0 saturated carbocycles. The van der Waals surface area contributed by atoms with Gasteiger partial charge >= 0.3 is 12.3 Å². The molecule has 0 spiro atoms. The second-order valence-electron chi connectivity index (χ2n) is 10.3. The average Bonchev–Trinajstić information content (AvgIpc) is 3.22. The van der Waals surface area contributed by atoms with Gasteiger partial charge in [-0.2, -0.15) is 13.2 Å². The lowest BCUT2D eigenvalue weighted by Gasteiger charge is -2.40. The first-order chi connectivity index (χ1) is 18.4. The van der Waals surface area contributed by atoms with Gasteiger partial charge < -0.3 is 18.6 Å². The predicted molar refractivity (Wildman–Crippen MR) is 142 cm³/mol. The van der Waals surface area contributed by atoms with E-state index in [1.165, 1.54) is 7.11 Å². The highest BCUT2D eigenvalue weighted by Crippen LogP contribution is 2.52. The van der Waals surface area contributed by atoms with Crippen molar-refractivity contribution in [3.8, 4) is 5.75 Å². The maximum Gasteiger partial charge on any atom is 0.444 e. The molecular weight excluding hydrogens is 527 g/mol. The number of benzene rings is 3. The minimum Gasteiger partial charge on any atom is -0.497 e. The molecule has 1 heterocycles. The Bertz CT molecular complexity index is 1240. The molecular formula is C29H32F3NO5Si. The number of hydrogen-bond donors (Lipinski definition) is 0.